The zero-order valence-electron chi connectivity index (χ0n) is 16.8. The number of urea groups is 1. The van der Waals surface area contributed by atoms with Gasteiger partial charge in [0.1, 0.15) is 0 Å². The van der Waals surface area contributed by atoms with Crippen molar-refractivity contribution in [3.63, 3.8) is 0 Å². The Morgan fingerprint density at radius 2 is 1.83 bits per heavy atom. The van der Waals surface area contributed by atoms with E-state index in [1.807, 2.05) is 0 Å². The molecular weight excluding hydrogens is 376 g/mol. The second-order valence-corrected chi connectivity index (χ2v) is 8.35. The number of nitrogens with one attached hydrogen (secondary N) is 1. The lowest BCUT2D eigenvalue weighted by Gasteiger charge is -2.38. The van der Waals surface area contributed by atoms with Gasteiger partial charge in [-0.05, 0) is 25.7 Å². The van der Waals surface area contributed by atoms with Gasteiger partial charge in [0.15, 0.2) is 5.69 Å². The van der Waals surface area contributed by atoms with Gasteiger partial charge in [-0.15, -0.1) is 5.10 Å². The number of likely N-dealkylation sites (tertiary alicyclic amines) is 1. The molecule has 3 amide bonds. The molecule has 10 nitrogen and oxygen atoms in total. The highest BCUT2D eigenvalue weighted by Gasteiger charge is 2.35. The Hall–Kier alpha value is -2.20. The largest absolute Gasteiger partial charge is 0.388 e. The highest BCUT2D eigenvalue weighted by Crippen LogP contribution is 2.25. The van der Waals surface area contributed by atoms with E-state index in [-0.39, 0.29) is 24.2 Å². The van der Waals surface area contributed by atoms with Gasteiger partial charge in [0, 0.05) is 32.2 Å². The number of aliphatic hydroxyl groups is 1. The Labute approximate surface area is 170 Å². The van der Waals surface area contributed by atoms with Crippen LogP contribution in [0.3, 0.4) is 0 Å². The Morgan fingerprint density at radius 3 is 2.52 bits per heavy atom. The van der Waals surface area contributed by atoms with Crippen molar-refractivity contribution in [2.75, 3.05) is 39.4 Å². The highest BCUT2D eigenvalue weighted by molar-refractivity contribution is 5.92. The maximum absolute atomic E-state index is 12.5. The molecule has 0 bridgehead atoms. The van der Waals surface area contributed by atoms with Crippen LogP contribution < -0.4 is 5.32 Å². The number of morpholine rings is 1. The Morgan fingerprint density at radius 1 is 1.14 bits per heavy atom. The van der Waals surface area contributed by atoms with Crippen LogP contribution in [0.1, 0.15) is 49.0 Å². The van der Waals surface area contributed by atoms with E-state index in [0.29, 0.717) is 58.3 Å². The second-order valence-electron chi connectivity index (χ2n) is 8.35. The average Bonchev–Trinajstić information content (AvgIpc) is 3.40. The van der Waals surface area contributed by atoms with Gasteiger partial charge in [0.2, 0.25) is 0 Å². The minimum atomic E-state index is -0.961. The van der Waals surface area contributed by atoms with Crippen LogP contribution in [-0.2, 0) is 11.3 Å². The fraction of sp³-hybridized carbons (Fsp3) is 0.789. The monoisotopic (exact) mass is 406 g/mol. The molecule has 0 unspecified atom stereocenters. The molecule has 29 heavy (non-hydrogen) atoms. The summed E-state index contributed by atoms with van der Waals surface area (Å²) in [6, 6.07) is 0.263. The predicted molar refractivity (Wildman–Crippen MR) is 103 cm³/mol. The summed E-state index contributed by atoms with van der Waals surface area (Å²) in [7, 11) is 0. The fourth-order valence-electron chi connectivity index (χ4n) is 4.32. The van der Waals surface area contributed by atoms with Gasteiger partial charge in [0.25, 0.3) is 5.91 Å². The van der Waals surface area contributed by atoms with Crippen LogP contribution in [0.5, 0.6) is 0 Å². The Bertz CT molecular complexity index is 718. The molecule has 1 aromatic heterocycles. The summed E-state index contributed by atoms with van der Waals surface area (Å²) in [6.07, 6.45) is 7.00. The van der Waals surface area contributed by atoms with Crippen LogP contribution >= 0.6 is 0 Å². The van der Waals surface area contributed by atoms with Gasteiger partial charge >= 0.3 is 6.03 Å². The van der Waals surface area contributed by atoms with Gasteiger partial charge in [-0.2, -0.15) is 0 Å². The number of carbonyl (C=O) groups excluding carboxylic acids is 2. The number of piperidine rings is 1. The van der Waals surface area contributed by atoms with E-state index in [1.165, 1.54) is 17.5 Å². The number of nitrogens with zero attached hydrogens (tertiary/aromatic N) is 5. The number of aromatic nitrogens is 3. The number of rotatable bonds is 4. The first-order chi connectivity index (χ1) is 14.0. The lowest BCUT2D eigenvalue weighted by Crippen LogP contribution is -2.52. The topological polar surface area (TPSA) is 113 Å². The van der Waals surface area contributed by atoms with Crippen molar-refractivity contribution >= 4 is 11.9 Å². The molecule has 3 fully saturated rings. The van der Waals surface area contributed by atoms with E-state index in [0.717, 1.165) is 12.8 Å². The smallest absolute Gasteiger partial charge is 0.317 e. The summed E-state index contributed by atoms with van der Waals surface area (Å²) >= 11 is 0. The van der Waals surface area contributed by atoms with Gasteiger partial charge in [-0.1, -0.05) is 18.1 Å². The first kappa shape index (κ1) is 20.1. The molecule has 160 valence electrons. The molecule has 1 aromatic rings. The van der Waals surface area contributed by atoms with Crippen LogP contribution in [-0.4, -0.2) is 92.9 Å². The number of ether oxygens (including phenoxy) is 1. The zero-order chi connectivity index (χ0) is 20.3. The number of hydrogen-bond donors (Lipinski definition) is 2. The molecule has 2 saturated heterocycles. The maximum atomic E-state index is 12.5. The molecule has 0 spiro atoms. The summed E-state index contributed by atoms with van der Waals surface area (Å²) < 4.78 is 6.80. The standard InChI is InChI=1S/C19H30N6O4/c26-17(23-9-11-29-12-10-23)16-13-25(22-21-16)14-19(28)5-7-24(8-6-19)18(27)20-15-3-1-2-4-15/h13,15,28H,1-12,14H2,(H,20,27). The third-order valence-corrected chi connectivity index (χ3v) is 6.18. The summed E-state index contributed by atoms with van der Waals surface area (Å²) in [5.41, 5.74) is -0.680. The van der Waals surface area contributed by atoms with E-state index in [2.05, 4.69) is 15.6 Å². The molecule has 3 aliphatic rings. The van der Waals surface area contributed by atoms with E-state index in [1.54, 1.807) is 16.0 Å². The van der Waals surface area contributed by atoms with Crippen molar-refractivity contribution in [3.05, 3.63) is 11.9 Å². The van der Waals surface area contributed by atoms with Crippen molar-refractivity contribution in [1.82, 2.24) is 30.1 Å². The summed E-state index contributed by atoms with van der Waals surface area (Å²) in [4.78, 5) is 28.4. The second kappa shape index (κ2) is 8.66. The van der Waals surface area contributed by atoms with Crippen LogP contribution in [0, 0.1) is 0 Å². The van der Waals surface area contributed by atoms with Gasteiger partial charge < -0.3 is 25.0 Å². The first-order valence-corrected chi connectivity index (χ1v) is 10.6. The maximum Gasteiger partial charge on any atom is 0.317 e. The average molecular weight is 406 g/mol. The van der Waals surface area contributed by atoms with E-state index >= 15 is 0 Å². The molecule has 2 N–H and O–H groups in total. The Kier molecular flexibility index (Phi) is 6.00. The summed E-state index contributed by atoms with van der Waals surface area (Å²) in [6.45, 7) is 3.43. The molecular formula is C19H30N6O4. The molecule has 0 aromatic carbocycles. The quantitative estimate of drug-likeness (QED) is 0.740. The molecule has 4 rings (SSSR count). The molecule has 0 radical (unpaired) electrons. The Balaban J connectivity index is 1.28. The third kappa shape index (κ3) is 4.87. The van der Waals surface area contributed by atoms with Crippen LogP contribution in [0.2, 0.25) is 0 Å². The first-order valence-electron chi connectivity index (χ1n) is 10.6. The number of carbonyl (C=O) groups is 2. The van der Waals surface area contributed by atoms with Crippen molar-refractivity contribution in [3.8, 4) is 0 Å². The van der Waals surface area contributed by atoms with Crippen LogP contribution in [0.25, 0.3) is 0 Å². The molecule has 1 saturated carbocycles. The molecule has 0 atom stereocenters. The minimum absolute atomic E-state index is 0.0295. The SMILES string of the molecule is O=C(NC1CCCC1)N1CCC(O)(Cn2cc(C(=O)N3CCOCC3)nn2)CC1. The van der Waals surface area contributed by atoms with E-state index in [9.17, 15) is 14.7 Å². The van der Waals surface area contributed by atoms with Crippen LogP contribution in [0.15, 0.2) is 6.20 Å². The van der Waals surface area contributed by atoms with Crippen LogP contribution in [0.4, 0.5) is 4.79 Å². The predicted octanol–water partition coefficient (Wildman–Crippen LogP) is 0.230. The van der Waals surface area contributed by atoms with Crippen molar-refractivity contribution in [2.45, 2.75) is 56.7 Å². The lowest BCUT2D eigenvalue weighted by molar-refractivity contribution is -0.0287. The van der Waals surface area contributed by atoms with Gasteiger partial charge in [-0.3, -0.25) is 4.79 Å². The normalized spacial score (nSPS) is 22.7. The lowest BCUT2D eigenvalue weighted by atomic mass is 9.91. The van der Waals surface area contributed by atoms with E-state index < -0.39 is 5.60 Å². The number of amides is 3. The van der Waals surface area contributed by atoms with Crippen molar-refractivity contribution in [1.29, 1.82) is 0 Å². The molecule has 3 heterocycles. The zero-order valence-corrected chi connectivity index (χ0v) is 16.8. The minimum Gasteiger partial charge on any atom is -0.388 e. The van der Waals surface area contributed by atoms with Crippen molar-refractivity contribution in [2.24, 2.45) is 0 Å². The highest BCUT2D eigenvalue weighted by atomic mass is 16.5. The molecule has 2 aliphatic heterocycles. The summed E-state index contributed by atoms with van der Waals surface area (Å²) in [5.74, 6) is -0.162. The summed E-state index contributed by atoms with van der Waals surface area (Å²) in [5, 5.41) is 22.1. The van der Waals surface area contributed by atoms with E-state index in [4.69, 9.17) is 4.74 Å². The molecule has 10 heteroatoms. The van der Waals surface area contributed by atoms with Crippen molar-refractivity contribution < 1.29 is 19.4 Å². The number of hydrogen-bond acceptors (Lipinski definition) is 6. The third-order valence-electron chi connectivity index (χ3n) is 6.18. The molecule has 1 aliphatic carbocycles. The van der Waals surface area contributed by atoms with Gasteiger partial charge in [-0.25, -0.2) is 9.48 Å². The fourth-order valence-corrected chi connectivity index (χ4v) is 4.32. The van der Waals surface area contributed by atoms with Gasteiger partial charge in [0.05, 0.1) is 31.6 Å².